The lowest BCUT2D eigenvalue weighted by atomic mass is 9.69. The van der Waals surface area contributed by atoms with E-state index in [1.807, 2.05) is 11.3 Å². The van der Waals surface area contributed by atoms with Gasteiger partial charge in [-0.1, -0.05) is 31.7 Å². The van der Waals surface area contributed by atoms with Crippen molar-refractivity contribution in [3.8, 4) is 0 Å². The SMILES string of the molecule is CC(Cc1cccs1)NC1CCC2CCCCC2C1. The predicted octanol–water partition coefficient (Wildman–Crippen LogP) is 4.63. The van der Waals surface area contributed by atoms with Gasteiger partial charge in [0.05, 0.1) is 0 Å². The first-order valence-electron chi connectivity index (χ1n) is 8.09. The summed E-state index contributed by atoms with van der Waals surface area (Å²) in [6.45, 7) is 2.35. The van der Waals surface area contributed by atoms with Crippen LogP contribution in [-0.2, 0) is 6.42 Å². The lowest BCUT2D eigenvalue weighted by molar-refractivity contribution is 0.139. The molecule has 2 fully saturated rings. The number of rotatable bonds is 4. The standard InChI is InChI=1S/C17H27NS/c1-13(11-17-7-4-10-19-17)18-16-9-8-14-5-2-3-6-15(14)12-16/h4,7,10,13-16,18H,2-3,5-6,8-9,11-12H2,1H3. The molecule has 1 nitrogen and oxygen atoms in total. The van der Waals surface area contributed by atoms with Crippen LogP contribution >= 0.6 is 11.3 Å². The van der Waals surface area contributed by atoms with Crippen molar-refractivity contribution in [3.63, 3.8) is 0 Å². The minimum atomic E-state index is 0.629. The fraction of sp³-hybridized carbons (Fsp3) is 0.765. The van der Waals surface area contributed by atoms with E-state index in [0.29, 0.717) is 6.04 Å². The summed E-state index contributed by atoms with van der Waals surface area (Å²) in [5.41, 5.74) is 0. The molecule has 4 atom stereocenters. The van der Waals surface area contributed by atoms with Crippen LogP contribution in [0.1, 0.15) is 56.7 Å². The van der Waals surface area contributed by atoms with Gasteiger partial charge < -0.3 is 5.32 Å². The van der Waals surface area contributed by atoms with E-state index < -0.39 is 0 Å². The number of hydrogen-bond acceptors (Lipinski definition) is 2. The number of nitrogens with one attached hydrogen (secondary N) is 1. The molecule has 2 aliphatic carbocycles. The van der Waals surface area contributed by atoms with Crippen LogP contribution in [-0.4, -0.2) is 12.1 Å². The molecule has 1 aromatic heterocycles. The second-order valence-corrected chi connectivity index (χ2v) is 7.70. The Morgan fingerprint density at radius 2 is 2.05 bits per heavy atom. The Morgan fingerprint density at radius 3 is 2.84 bits per heavy atom. The molecular weight excluding hydrogens is 250 g/mol. The molecule has 0 aliphatic heterocycles. The first-order chi connectivity index (χ1) is 9.31. The molecule has 0 spiro atoms. The third-order valence-corrected chi connectivity index (χ3v) is 6.05. The summed E-state index contributed by atoms with van der Waals surface area (Å²) < 4.78 is 0. The van der Waals surface area contributed by atoms with Crippen LogP contribution in [0.25, 0.3) is 0 Å². The third kappa shape index (κ3) is 3.61. The fourth-order valence-electron chi connectivity index (χ4n) is 4.22. The topological polar surface area (TPSA) is 12.0 Å². The zero-order valence-electron chi connectivity index (χ0n) is 12.1. The van der Waals surface area contributed by atoms with Crippen molar-refractivity contribution < 1.29 is 0 Å². The van der Waals surface area contributed by atoms with E-state index in [1.54, 1.807) is 0 Å². The van der Waals surface area contributed by atoms with Gasteiger partial charge in [0.1, 0.15) is 0 Å². The van der Waals surface area contributed by atoms with Gasteiger partial charge in [-0.3, -0.25) is 0 Å². The molecular formula is C17H27NS. The first-order valence-corrected chi connectivity index (χ1v) is 8.97. The summed E-state index contributed by atoms with van der Waals surface area (Å²) in [5, 5.41) is 6.09. The van der Waals surface area contributed by atoms with E-state index in [4.69, 9.17) is 0 Å². The minimum Gasteiger partial charge on any atom is -0.311 e. The van der Waals surface area contributed by atoms with Crippen LogP contribution in [0, 0.1) is 11.8 Å². The van der Waals surface area contributed by atoms with E-state index in [0.717, 1.165) is 17.9 Å². The molecule has 2 heteroatoms. The number of hydrogen-bond donors (Lipinski definition) is 1. The van der Waals surface area contributed by atoms with Crippen LogP contribution in [0.5, 0.6) is 0 Å². The molecule has 0 bridgehead atoms. The van der Waals surface area contributed by atoms with Gasteiger partial charge >= 0.3 is 0 Å². The van der Waals surface area contributed by atoms with Crippen LogP contribution in [0.4, 0.5) is 0 Å². The Bertz CT molecular complexity index is 373. The fourth-order valence-corrected chi connectivity index (χ4v) is 5.05. The molecule has 1 aromatic rings. The lowest BCUT2D eigenvalue weighted by Gasteiger charge is -2.40. The maximum absolute atomic E-state index is 3.90. The van der Waals surface area contributed by atoms with Gasteiger partial charge in [-0.2, -0.15) is 0 Å². The maximum atomic E-state index is 3.90. The minimum absolute atomic E-state index is 0.629. The van der Waals surface area contributed by atoms with Gasteiger partial charge in [0.2, 0.25) is 0 Å². The molecule has 0 saturated heterocycles. The Hall–Kier alpha value is -0.340. The third-order valence-electron chi connectivity index (χ3n) is 5.15. The number of thiophene rings is 1. The summed E-state index contributed by atoms with van der Waals surface area (Å²) in [6.07, 6.45) is 11.5. The van der Waals surface area contributed by atoms with Gasteiger partial charge in [-0.25, -0.2) is 0 Å². The molecule has 2 aliphatic rings. The second kappa shape index (κ2) is 6.41. The summed E-state index contributed by atoms with van der Waals surface area (Å²) >= 11 is 1.89. The van der Waals surface area contributed by atoms with Crippen molar-refractivity contribution in [2.45, 2.75) is 70.4 Å². The zero-order chi connectivity index (χ0) is 13.1. The van der Waals surface area contributed by atoms with Gasteiger partial charge in [0, 0.05) is 17.0 Å². The maximum Gasteiger partial charge on any atom is 0.00896 e. The van der Waals surface area contributed by atoms with Crippen LogP contribution in [0.2, 0.25) is 0 Å². The van der Waals surface area contributed by atoms with Gasteiger partial charge in [0.25, 0.3) is 0 Å². The summed E-state index contributed by atoms with van der Waals surface area (Å²) in [4.78, 5) is 1.52. The van der Waals surface area contributed by atoms with E-state index in [1.165, 1.54) is 56.2 Å². The molecule has 0 radical (unpaired) electrons. The molecule has 3 rings (SSSR count). The van der Waals surface area contributed by atoms with Gasteiger partial charge in [0.15, 0.2) is 0 Å². The van der Waals surface area contributed by atoms with Crippen molar-refractivity contribution in [3.05, 3.63) is 22.4 Å². The highest BCUT2D eigenvalue weighted by Gasteiger charge is 2.32. The van der Waals surface area contributed by atoms with Crippen LogP contribution < -0.4 is 5.32 Å². The highest BCUT2D eigenvalue weighted by Crippen LogP contribution is 2.40. The van der Waals surface area contributed by atoms with Crippen LogP contribution in [0.3, 0.4) is 0 Å². The molecule has 106 valence electrons. The van der Waals surface area contributed by atoms with Crippen molar-refractivity contribution in [2.24, 2.45) is 11.8 Å². The molecule has 19 heavy (non-hydrogen) atoms. The van der Waals surface area contributed by atoms with Crippen molar-refractivity contribution in [1.82, 2.24) is 5.32 Å². The van der Waals surface area contributed by atoms with Crippen LogP contribution in [0.15, 0.2) is 17.5 Å². The molecule has 1 N–H and O–H groups in total. The van der Waals surface area contributed by atoms with E-state index in [2.05, 4.69) is 29.8 Å². The summed E-state index contributed by atoms with van der Waals surface area (Å²) in [5.74, 6) is 2.10. The molecule has 4 unspecified atom stereocenters. The van der Waals surface area contributed by atoms with Crippen molar-refractivity contribution >= 4 is 11.3 Å². The molecule has 0 aromatic carbocycles. The Morgan fingerprint density at radius 1 is 1.21 bits per heavy atom. The largest absolute Gasteiger partial charge is 0.311 e. The van der Waals surface area contributed by atoms with Crippen molar-refractivity contribution in [2.75, 3.05) is 0 Å². The molecule has 0 amide bonds. The van der Waals surface area contributed by atoms with Gasteiger partial charge in [-0.15, -0.1) is 11.3 Å². The highest BCUT2D eigenvalue weighted by molar-refractivity contribution is 7.09. The summed E-state index contributed by atoms with van der Waals surface area (Å²) in [6, 6.07) is 5.85. The second-order valence-electron chi connectivity index (χ2n) is 6.67. The van der Waals surface area contributed by atoms with E-state index in [-0.39, 0.29) is 0 Å². The average molecular weight is 277 g/mol. The highest BCUT2D eigenvalue weighted by atomic mass is 32.1. The Kier molecular flexibility index (Phi) is 4.60. The average Bonchev–Trinajstić information content (AvgIpc) is 2.91. The quantitative estimate of drug-likeness (QED) is 0.846. The first kappa shape index (κ1) is 13.6. The Balaban J connectivity index is 1.47. The Labute approximate surface area is 121 Å². The van der Waals surface area contributed by atoms with Crippen molar-refractivity contribution in [1.29, 1.82) is 0 Å². The predicted molar refractivity (Wildman–Crippen MR) is 83.7 cm³/mol. The van der Waals surface area contributed by atoms with Gasteiger partial charge in [-0.05, 0) is 55.9 Å². The normalized spacial score (nSPS) is 32.8. The summed E-state index contributed by atoms with van der Waals surface area (Å²) in [7, 11) is 0. The molecule has 2 saturated carbocycles. The monoisotopic (exact) mass is 277 g/mol. The van der Waals surface area contributed by atoms with E-state index in [9.17, 15) is 0 Å². The zero-order valence-corrected chi connectivity index (χ0v) is 12.9. The number of fused-ring (bicyclic) bond motifs is 1. The molecule has 1 heterocycles. The smallest absolute Gasteiger partial charge is 0.00896 e. The van der Waals surface area contributed by atoms with E-state index >= 15 is 0 Å². The lowest BCUT2D eigenvalue weighted by Crippen LogP contribution is -2.43.